The first-order valence-corrected chi connectivity index (χ1v) is 10.2. The lowest BCUT2D eigenvalue weighted by atomic mass is 10.2. The number of benzene rings is 1. The molecule has 28 heavy (non-hydrogen) atoms. The van der Waals surface area contributed by atoms with Gasteiger partial charge >= 0.3 is 0 Å². The van der Waals surface area contributed by atoms with Crippen molar-refractivity contribution in [2.45, 2.75) is 46.6 Å². The Kier molecular flexibility index (Phi) is 8.13. The van der Waals surface area contributed by atoms with Crippen LogP contribution < -0.4 is 16.0 Å². The highest BCUT2D eigenvalue weighted by molar-refractivity contribution is 7.13. The highest BCUT2D eigenvalue weighted by atomic mass is 32.1. The van der Waals surface area contributed by atoms with E-state index in [9.17, 15) is 14.4 Å². The van der Waals surface area contributed by atoms with Gasteiger partial charge in [0.2, 0.25) is 17.7 Å². The number of anilines is 2. The van der Waals surface area contributed by atoms with Crippen LogP contribution in [0.25, 0.3) is 0 Å². The Morgan fingerprint density at radius 3 is 2.64 bits per heavy atom. The van der Waals surface area contributed by atoms with Crippen LogP contribution in [0.5, 0.6) is 0 Å². The Labute approximate surface area is 168 Å². The third-order valence-electron chi connectivity index (χ3n) is 3.83. The molecule has 2 aromatic rings. The molecular formula is C20H26N4O3S. The second-order valence-corrected chi connectivity index (χ2v) is 7.60. The molecule has 0 spiro atoms. The fraction of sp³-hybridized carbons (Fsp3) is 0.400. The van der Waals surface area contributed by atoms with Gasteiger partial charge in [-0.05, 0) is 24.1 Å². The maximum atomic E-state index is 12.2. The molecule has 0 fully saturated rings. The Bertz CT molecular complexity index is 832. The lowest BCUT2D eigenvalue weighted by Gasteiger charge is -2.08. The molecule has 0 radical (unpaired) electrons. The summed E-state index contributed by atoms with van der Waals surface area (Å²) >= 11 is 1.30. The first kappa shape index (κ1) is 21.6. The first-order chi connectivity index (χ1) is 13.4. The summed E-state index contributed by atoms with van der Waals surface area (Å²) in [6.07, 6.45) is 1.41. The van der Waals surface area contributed by atoms with Gasteiger partial charge in [-0.2, -0.15) is 0 Å². The van der Waals surface area contributed by atoms with Gasteiger partial charge in [0.1, 0.15) is 0 Å². The maximum absolute atomic E-state index is 12.2. The van der Waals surface area contributed by atoms with Crippen molar-refractivity contribution in [2.24, 2.45) is 5.92 Å². The van der Waals surface area contributed by atoms with Crippen molar-refractivity contribution in [1.29, 1.82) is 0 Å². The standard InChI is InChI=1S/C20H26N4O3S/c1-4-6-17(25)22-15-8-5-7-14(9-15)11-21-18(26)10-16-12-28-20(23-16)24-19(27)13(2)3/h5,7-9,12-13H,4,6,10-11H2,1-3H3,(H,21,26)(H,22,25)(H,23,24,27). The minimum absolute atomic E-state index is 0.0208. The SMILES string of the molecule is CCCC(=O)Nc1cccc(CNC(=O)Cc2csc(NC(=O)C(C)C)n2)c1. The Hall–Kier alpha value is -2.74. The number of carbonyl (C=O) groups is 3. The van der Waals surface area contributed by atoms with Crippen LogP contribution in [0.3, 0.4) is 0 Å². The summed E-state index contributed by atoms with van der Waals surface area (Å²) in [5.41, 5.74) is 2.23. The fourth-order valence-corrected chi connectivity index (χ4v) is 3.05. The van der Waals surface area contributed by atoms with E-state index in [1.54, 1.807) is 5.38 Å². The fourth-order valence-electron chi connectivity index (χ4n) is 2.33. The lowest BCUT2D eigenvalue weighted by Crippen LogP contribution is -2.24. The largest absolute Gasteiger partial charge is 0.352 e. The molecule has 0 bridgehead atoms. The number of aromatic nitrogens is 1. The Morgan fingerprint density at radius 2 is 1.93 bits per heavy atom. The molecule has 0 aliphatic carbocycles. The van der Waals surface area contributed by atoms with Gasteiger partial charge in [0.05, 0.1) is 12.1 Å². The van der Waals surface area contributed by atoms with Crippen molar-refractivity contribution in [3.8, 4) is 0 Å². The number of hydrogen-bond acceptors (Lipinski definition) is 5. The molecule has 0 aliphatic heterocycles. The van der Waals surface area contributed by atoms with Crippen LogP contribution in [0.4, 0.5) is 10.8 Å². The number of rotatable bonds is 9. The van der Waals surface area contributed by atoms with Crippen LogP contribution in [0, 0.1) is 5.92 Å². The van der Waals surface area contributed by atoms with Crippen LogP contribution in [-0.4, -0.2) is 22.7 Å². The summed E-state index contributed by atoms with van der Waals surface area (Å²) in [5.74, 6) is -0.408. The van der Waals surface area contributed by atoms with E-state index in [1.165, 1.54) is 11.3 Å². The van der Waals surface area contributed by atoms with Crippen LogP contribution in [0.2, 0.25) is 0 Å². The second kappa shape index (κ2) is 10.6. The van der Waals surface area contributed by atoms with Gasteiger partial charge in [0.25, 0.3) is 0 Å². The Morgan fingerprint density at radius 1 is 1.14 bits per heavy atom. The van der Waals surface area contributed by atoms with Gasteiger partial charge in [0, 0.05) is 30.0 Å². The summed E-state index contributed by atoms with van der Waals surface area (Å²) in [5, 5.41) is 10.7. The molecule has 8 heteroatoms. The topological polar surface area (TPSA) is 100 Å². The van der Waals surface area contributed by atoms with E-state index in [2.05, 4.69) is 20.9 Å². The second-order valence-electron chi connectivity index (χ2n) is 6.74. The van der Waals surface area contributed by atoms with Gasteiger partial charge in [-0.3, -0.25) is 14.4 Å². The van der Waals surface area contributed by atoms with Crippen LogP contribution >= 0.6 is 11.3 Å². The summed E-state index contributed by atoms with van der Waals surface area (Å²) < 4.78 is 0. The zero-order valence-corrected chi connectivity index (χ0v) is 17.2. The van der Waals surface area contributed by atoms with Gasteiger partial charge in [0.15, 0.2) is 5.13 Å². The normalized spacial score (nSPS) is 10.6. The molecule has 0 unspecified atom stereocenters. The Balaban J connectivity index is 1.83. The number of hydrogen-bond donors (Lipinski definition) is 3. The third-order valence-corrected chi connectivity index (χ3v) is 4.63. The molecular weight excluding hydrogens is 376 g/mol. The molecule has 3 amide bonds. The number of amides is 3. The third kappa shape index (κ3) is 7.11. The van der Waals surface area contributed by atoms with E-state index in [0.717, 1.165) is 17.7 Å². The molecule has 1 heterocycles. The molecule has 1 aromatic heterocycles. The molecule has 0 saturated heterocycles. The number of nitrogens with one attached hydrogen (secondary N) is 3. The van der Waals surface area contributed by atoms with E-state index in [4.69, 9.17) is 0 Å². The van der Waals surface area contributed by atoms with E-state index >= 15 is 0 Å². The van der Waals surface area contributed by atoms with Crippen LogP contribution in [0.15, 0.2) is 29.6 Å². The minimum atomic E-state index is -0.160. The highest BCUT2D eigenvalue weighted by Crippen LogP contribution is 2.17. The summed E-state index contributed by atoms with van der Waals surface area (Å²) in [6.45, 7) is 5.93. The molecule has 0 atom stereocenters. The molecule has 2 rings (SSSR count). The smallest absolute Gasteiger partial charge is 0.228 e. The van der Waals surface area contributed by atoms with Crippen molar-refractivity contribution < 1.29 is 14.4 Å². The lowest BCUT2D eigenvalue weighted by molar-refractivity contribution is -0.121. The van der Waals surface area contributed by atoms with Crippen LogP contribution in [-0.2, 0) is 27.3 Å². The minimum Gasteiger partial charge on any atom is -0.352 e. The van der Waals surface area contributed by atoms with Crippen molar-refractivity contribution in [2.75, 3.05) is 10.6 Å². The number of thiazole rings is 1. The molecule has 1 aromatic carbocycles. The summed E-state index contributed by atoms with van der Waals surface area (Å²) in [6, 6.07) is 7.39. The van der Waals surface area contributed by atoms with Gasteiger partial charge < -0.3 is 16.0 Å². The summed E-state index contributed by atoms with van der Waals surface area (Å²) in [4.78, 5) is 39.8. The van der Waals surface area contributed by atoms with E-state index < -0.39 is 0 Å². The predicted octanol–water partition coefficient (Wildman–Crippen LogP) is 3.34. The van der Waals surface area contributed by atoms with E-state index in [0.29, 0.717) is 23.8 Å². The van der Waals surface area contributed by atoms with Gasteiger partial charge in [-0.25, -0.2) is 4.98 Å². The van der Waals surface area contributed by atoms with Crippen molar-refractivity contribution in [3.63, 3.8) is 0 Å². The van der Waals surface area contributed by atoms with Crippen LogP contribution in [0.1, 0.15) is 44.9 Å². The monoisotopic (exact) mass is 402 g/mol. The van der Waals surface area contributed by atoms with E-state index in [1.807, 2.05) is 45.0 Å². The van der Waals surface area contributed by atoms with Crippen molar-refractivity contribution >= 4 is 39.9 Å². The average Bonchev–Trinajstić information content (AvgIpc) is 3.07. The summed E-state index contributed by atoms with van der Waals surface area (Å²) in [7, 11) is 0. The predicted molar refractivity (Wildman–Crippen MR) is 111 cm³/mol. The maximum Gasteiger partial charge on any atom is 0.228 e. The number of carbonyl (C=O) groups excluding carboxylic acids is 3. The zero-order chi connectivity index (χ0) is 20.5. The first-order valence-electron chi connectivity index (χ1n) is 9.28. The molecule has 150 valence electrons. The molecule has 7 nitrogen and oxygen atoms in total. The zero-order valence-electron chi connectivity index (χ0n) is 16.4. The molecule has 0 aliphatic rings. The van der Waals surface area contributed by atoms with Crippen molar-refractivity contribution in [3.05, 3.63) is 40.9 Å². The molecule has 3 N–H and O–H groups in total. The van der Waals surface area contributed by atoms with Gasteiger partial charge in [-0.1, -0.05) is 32.9 Å². The van der Waals surface area contributed by atoms with Gasteiger partial charge in [-0.15, -0.1) is 11.3 Å². The van der Waals surface area contributed by atoms with Crippen molar-refractivity contribution in [1.82, 2.24) is 10.3 Å². The molecule has 0 saturated carbocycles. The van der Waals surface area contributed by atoms with E-state index in [-0.39, 0.29) is 30.1 Å². The highest BCUT2D eigenvalue weighted by Gasteiger charge is 2.12. The number of nitrogens with zero attached hydrogens (tertiary/aromatic N) is 1. The average molecular weight is 403 g/mol. The quantitative estimate of drug-likeness (QED) is 0.599.